The summed E-state index contributed by atoms with van der Waals surface area (Å²) in [6.45, 7) is 0. The highest BCUT2D eigenvalue weighted by molar-refractivity contribution is 9.10. The first kappa shape index (κ1) is 13.0. The number of benzene rings is 1. The lowest BCUT2D eigenvalue weighted by molar-refractivity contribution is 0.102. The highest BCUT2D eigenvalue weighted by Crippen LogP contribution is 2.30. The molecule has 3 nitrogen and oxygen atoms in total. The van der Waals surface area contributed by atoms with E-state index in [4.69, 9.17) is 11.6 Å². The summed E-state index contributed by atoms with van der Waals surface area (Å²) in [6, 6.07) is 7.57. The van der Waals surface area contributed by atoms with Crippen LogP contribution in [0.25, 0.3) is 0 Å². The quantitative estimate of drug-likeness (QED) is 0.849. The second-order valence-electron chi connectivity index (χ2n) is 3.42. The van der Waals surface area contributed by atoms with Crippen LogP contribution < -0.4 is 5.32 Å². The van der Waals surface area contributed by atoms with Gasteiger partial charge in [-0.25, -0.2) is 4.98 Å². The van der Waals surface area contributed by atoms with Gasteiger partial charge in [0, 0.05) is 17.8 Å². The average Bonchev–Trinajstić information content (AvgIpc) is 2.35. The van der Waals surface area contributed by atoms with Crippen molar-refractivity contribution in [2.75, 3.05) is 5.32 Å². The molecule has 2 rings (SSSR count). The van der Waals surface area contributed by atoms with Gasteiger partial charge in [0.15, 0.2) is 0 Å². The number of hydrogen-bond donors (Lipinski definition) is 1. The summed E-state index contributed by atoms with van der Waals surface area (Å²) >= 11 is 9.16. The number of carbonyl (C=O) groups is 1. The Kier molecular flexibility index (Phi) is 3.93. The van der Waals surface area contributed by atoms with Gasteiger partial charge in [-0.05, 0) is 34.1 Å². The van der Waals surface area contributed by atoms with Gasteiger partial charge in [0.2, 0.25) is 5.95 Å². The van der Waals surface area contributed by atoms with Crippen LogP contribution in [-0.2, 0) is 0 Å². The van der Waals surface area contributed by atoms with Crippen molar-refractivity contribution in [3.05, 3.63) is 57.5 Å². The predicted molar refractivity (Wildman–Crippen MR) is 71.3 cm³/mol. The van der Waals surface area contributed by atoms with Crippen LogP contribution in [0, 0.1) is 5.95 Å². The average molecular weight is 330 g/mol. The molecule has 6 heteroatoms. The lowest BCUT2D eigenvalue weighted by atomic mass is 10.2. The van der Waals surface area contributed by atoms with Crippen molar-refractivity contribution in [2.45, 2.75) is 0 Å². The summed E-state index contributed by atoms with van der Waals surface area (Å²) in [5.41, 5.74) is 0.707. The molecule has 0 saturated carbocycles. The van der Waals surface area contributed by atoms with E-state index in [1.807, 2.05) is 0 Å². The first-order valence-electron chi connectivity index (χ1n) is 4.95. The minimum Gasteiger partial charge on any atom is -0.321 e. The van der Waals surface area contributed by atoms with E-state index in [1.165, 1.54) is 12.3 Å². The fraction of sp³-hybridized carbons (Fsp3) is 0. The molecule has 1 N–H and O–H groups in total. The van der Waals surface area contributed by atoms with Crippen LogP contribution in [0.5, 0.6) is 0 Å². The zero-order valence-corrected chi connectivity index (χ0v) is 11.3. The lowest BCUT2D eigenvalue weighted by Gasteiger charge is -2.08. The molecule has 0 aliphatic rings. The van der Waals surface area contributed by atoms with Crippen LogP contribution in [0.4, 0.5) is 10.1 Å². The van der Waals surface area contributed by atoms with Gasteiger partial charge < -0.3 is 5.32 Å². The van der Waals surface area contributed by atoms with Crippen molar-refractivity contribution in [2.24, 2.45) is 0 Å². The summed E-state index contributed by atoms with van der Waals surface area (Å²) in [6.07, 6.45) is 1.23. The number of carbonyl (C=O) groups excluding carboxylic acids is 1. The molecule has 1 heterocycles. The molecule has 0 radical (unpaired) electrons. The first-order chi connectivity index (χ1) is 8.58. The smallest absolute Gasteiger partial charge is 0.255 e. The number of nitrogens with one attached hydrogen (secondary N) is 1. The van der Waals surface area contributed by atoms with Gasteiger partial charge >= 0.3 is 0 Å². The van der Waals surface area contributed by atoms with Crippen LogP contribution in [0.15, 0.2) is 41.0 Å². The molecule has 1 aromatic carbocycles. The molecule has 0 fully saturated rings. The SMILES string of the molecule is O=C(Nc1cccc(Cl)c1Br)c1ccnc(F)c1. The maximum absolute atomic E-state index is 12.9. The van der Waals surface area contributed by atoms with E-state index < -0.39 is 11.9 Å². The number of aromatic nitrogens is 1. The van der Waals surface area contributed by atoms with Gasteiger partial charge in [-0.3, -0.25) is 4.79 Å². The van der Waals surface area contributed by atoms with Crippen molar-refractivity contribution >= 4 is 39.1 Å². The number of amides is 1. The maximum atomic E-state index is 12.9. The minimum absolute atomic E-state index is 0.189. The monoisotopic (exact) mass is 328 g/mol. The van der Waals surface area contributed by atoms with Crippen LogP contribution >= 0.6 is 27.5 Å². The summed E-state index contributed by atoms with van der Waals surface area (Å²) < 4.78 is 13.5. The normalized spacial score (nSPS) is 10.2. The van der Waals surface area contributed by atoms with Crippen LogP contribution in [0.1, 0.15) is 10.4 Å². The van der Waals surface area contributed by atoms with Crippen molar-refractivity contribution < 1.29 is 9.18 Å². The molecule has 1 aromatic heterocycles. The summed E-state index contributed by atoms with van der Waals surface area (Å²) in [5.74, 6) is -1.13. The number of rotatable bonds is 2. The molecule has 92 valence electrons. The third-order valence-electron chi connectivity index (χ3n) is 2.19. The summed E-state index contributed by atoms with van der Waals surface area (Å²) in [4.78, 5) is 15.2. The molecule has 0 atom stereocenters. The topological polar surface area (TPSA) is 42.0 Å². The fourth-order valence-electron chi connectivity index (χ4n) is 1.34. The van der Waals surface area contributed by atoms with Gasteiger partial charge in [-0.1, -0.05) is 17.7 Å². The molecule has 0 unspecified atom stereocenters. The third kappa shape index (κ3) is 2.86. The molecular formula is C12H7BrClFN2O. The van der Waals surface area contributed by atoms with Crippen LogP contribution in [0.2, 0.25) is 5.02 Å². The Morgan fingerprint density at radius 2 is 2.17 bits per heavy atom. The van der Waals surface area contributed by atoms with Gasteiger partial charge in [0.05, 0.1) is 15.2 Å². The maximum Gasteiger partial charge on any atom is 0.255 e. The molecule has 1 amide bonds. The van der Waals surface area contributed by atoms with E-state index in [0.717, 1.165) is 6.07 Å². The van der Waals surface area contributed by atoms with E-state index in [9.17, 15) is 9.18 Å². The molecule has 0 aliphatic carbocycles. The lowest BCUT2D eigenvalue weighted by Crippen LogP contribution is -2.12. The highest BCUT2D eigenvalue weighted by Gasteiger charge is 2.10. The highest BCUT2D eigenvalue weighted by atomic mass is 79.9. The molecule has 0 spiro atoms. The van der Waals surface area contributed by atoms with Crippen molar-refractivity contribution in [1.29, 1.82) is 0 Å². The van der Waals surface area contributed by atoms with Crippen LogP contribution in [0.3, 0.4) is 0 Å². The van der Waals surface area contributed by atoms with E-state index in [0.29, 0.717) is 15.2 Å². The number of halogens is 3. The number of anilines is 1. The second kappa shape index (κ2) is 5.46. The molecule has 2 aromatic rings. The van der Waals surface area contributed by atoms with Gasteiger partial charge in [-0.2, -0.15) is 4.39 Å². The largest absolute Gasteiger partial charge is 0.321 e. The Hall–Kier alpha value is -1.46. The Labute approximate surface area is 116 Å². The molecule has 0 aliphatic heterocycles. The fourth-order valence-corrected chi connectivity index (χ4v) is 1.88. The second-order valence-corrected chi connectivity index (χ2v) is 4.62. The van der Waals surface area contributed by atoms with Gasteiger partial charge in [0.1, 0.15) is 0 Å². The number of hydrogen-bond acceptors (Lipinski definition) is 2. The third-order valence-corrected chi connectivity index (χ3v) is 3.59. The summed E-state index contributed by atoms with van der Waals surface area (Å²) in [5, 5.41) is 3.11. The minimum atomic E-state index is -0.701. The van der Waals surface area contributed by atoms with Gasteiger partial charge in [0.25, 0.3) is 5.91 Å². The predicted octanol–water partition coefficient (Wildman–Crippen LogP) is 3.89. The Balaban J connectivity index is 2.24. The zero-order valence-electron chi connectivity index (χ0n) is 8.95. The van der Waals surface area contributed by atoms with Crippen molar-refractivity contribution in [3.63, 3.8) is 0 Å². The van der Waals surface area contributed by atoms with E-state index in [2.05, 4.69) is 26.2 Å². The molecular weight excluding hydrogens is 322 g/mol. The number of nitrogens with zero attached hydrogens (tertiary/aromatic N) is 1. The van der Waals surface area contributed by atoms with Crippen molar-refractivity contribution in [3.8, 4) is 0 Å². The Morgan fingerprint density at radius 1 is 1.39 bits per heavy atom. The standard InChI is InChI=1S/C12H7BrClFN2O/c13-11-8(14)2-1-3-9(11)17-12(18)7-4-5-16-10(15)6-7/h1-6H,(H,17,18). The Bertz CT molecular complexity index is 606. The van der Waals surface area contributed by atoms with Crippen molar-refractivity contribution in [1.82, 2.24) is 4.98 Å². The van der Waals surface area contributed by atoms with E-state index >= 15 is 0 Å². The zero-order chi connectivity index (χ0) is 13.1. The summed E-state index contributed by atoms with van der Waals surface area (Å²) in [7, 11) is 0. The van der Waals surface area contributed by atoms with E-state index in [-0.39, 0.29) is 5.56 Å². The molecule has 0 saturated heterocycles. The van der Waals surface area contributed by atoms with Gasteiger partial charge in [-0.15, -0.1) is 0 Å². The first-order valence-corrected chi connectivity index (χ1v) is 6.12. The number of pyridine rings is 1. The van der Waals surface area contributed by atoms with Crippen LogP contribution in [-0.4, -0.2) is 10.9 Å². The molecule has 18 heavy (non-hydrogen) atoms. The van der Waals surface area contributed by atoms with E-state index in [1.54, 1.807) is 18.2 Å². The Morgan fingerprint density at radius 3 is 2.89 bits per heavy atom. The molecule has 0 bridgehead atoms.